The molecule has 0 unspecified atom stereocenters. The number of halogens is 1. The lowest BCUT2D eigenvalue weighted by molar-refractivity contribution is 0.580. The zero-order valence-electron chi connectivity index (χ0n) is 11.9. The van der Waals surface area contributed by atoms with Crippen LogP contribution in [-0.2, 0) is 0 Å². The molecule has 0 bridgehead atoms. The second-order valence-electron chi connectivity index (χ2n) is 4.91. The predicted molar refractivity (Wildman–Crippen MR) is 87.3 cm³/mol. The van der Waals surface area contributed by atoms with E-state index in [4.69, 9.17) is 16.0 Å². The molecule has 4 rings (SSSR count). The van der Waals surface area contributed by atoms with Gasteiger partial charge in [-0.05, 0) is 30.3 Å². The largest absolute Gasteiger partial charge is 0.415 e. The fourth-order valence-electron chi connectivity index (χ4n) is 2.31. The lowest BCUT2D eigenvalue weighted by Gasteiger charge is -2.04. The molecule has 0 atom stereocenters. The van der Waals surface area contributed by atoms with Gasteiger partial charge in [0.1, 0.15) is 5.69 Å². The van der Waals surface area contributed by atoms with E-state index in [1.165, 1.54) is 0 Å². The number of nitrogens with zero attached hydrogens (tertiary/aromatic N) is 4. The van der Waals surface area contributed by atoms with Gasteiger partial charge < -0.3 is 4.42 Å². The molecule has 0 aliphatic rings. The van der Waals surface area contributed by atoms with Gasteiger partial charge in [0.05, 0.1) is 12.5 Å². The molecule has 0 aliphatic heterocycles. The van der Waals surface area contributed by atoms with Crippen molar-refractivity contribution < 1.29 is 4.42 Å². The van der Waals surface area contributed by atoms with Crippen molar-refractivity contribution in [2.24, 2.45) is 0 Å². The normalized spacial score (nSPS) is 10.8. The van der Waals surface area contributed by atoms with E-state index in [1.54, 1.807) is 24.7 Å². The lowest BCUT2D eigenvalue weighted by atomic mass is 10.2. The van der Waals surface area contributed by atoms with Crippen molar-refractivity contribution >= 4 is 11.6 Å². The van der Waals surface area contributed by atoms with Crippen LogP contribution in [0, 0.1) is 0 Å². The first-order valence-electron chi connectivity index (χ1n) is 6.99. The van der Waals surface area contributed by atoms with E-state index in [2.05, 4.69) is 15.2 Å². The Morgan fingerprint density at radius 1 is 0.913 bits per heavy atom. The molecule has 0 radical (unpaired) electrons. The average molecular weight is 323 g/mol. The van der Waals surface area contributed by atoms with Crippen molar-refractivity contribution in [1.82, 2.24) is 19.7 Å². The predicted octanol–water partition coefficient (Wildman–Crippen LogP) is 4.24. The molecule has 112 valence electrons. The van der Waals surface area contributed by atoms with Crippen LogP contribution in [0.1, 0.15) is 0 Å². The van der Waals surface area contributed by atoms with Crippen molar-refractivity contribution in [3.8, 4) is 28.7 Å². The van der Waals surface area contributed by atoms with Crippen LogP contribution in [0.4, 0.5) is 0 Å². The molecule has 0 saturated heterocycles. The smallest absolute Gasteiger partial charge is 0.266 e. The monoisotopic (exact) mass is 322 g/mol. The Balaban J connectivity index is 1.75. The molecule has 4 aromatic rings. The molecule has 2 aromatic heterocycles. The van der Waals surface area contributed by atoms with Crippen LogP contribution in [-0.4, -0.2) is 19.7 Å². The third kappa shape index (κ3) is 2.62. The zero-order valence-corrected chi connectivity index (χ0v) is 12.7. The van der Waals surface area contributed by atoms with Crippen molar-refractivity contribution in [1.29, 1.82) is 0 Å². The van der Waals surface area contributed by atoms with Crippen LogP contribution in [0.5, 0.6) is 0 Å². The fraction of sp³-hybridized carbons (Fsp3) is 0. The molecule has 5 nitrogen and oxygen atoms in total. The van der Waals surface area contributed by atoms with Gasteiger partial charge in [0, 0.05) is 16.3 Å². The number of imidazole rings is 1. The van der Waals surface area contributed by atoms with E-state index in [1.807, 2.05) is 47.0 Å². The summed E-state index contributed by atoms with van der Waals surface area (Å²) in [5.41, 5.74) is 2.49. The summed E-state index contributed by atoms with van der Waals surface area (Å²) >= 11 is 6.00. The molecule has 0 N–H and O–H groups in total. The van der Waals surface area contributed by atoms with Crippen molar-refractivity contribution in [2.75, 3.05) is 0 Å². The molecule has 2 heterocycles. The molecule has 0 aliphatic carbocycles. The first kappa shape index (κ1) is 13.7. The molecule has 0 spiro atoms. The Morgan fingerprint density at radius 2 is 1.74 bits per heavy atom. The highest BCUT2D eigenvalue weighted by atomic mass is 35.5. The highest BCUT2D eigenvalue weighted by Crippen LogP contribution is 2.26. The molecular formula is C17H11ClN4O. The second-order valence-corrected chi connectivity index (χ2v) is 5.34. The summed E-state index contributed by atoms with van der Waals surface area (Å²) < 4.78 is 7.69. The summed E-state index contributed by atoms with van der Waals surface area (Å²) in [4.78, 5) is 4.19. The maximum atomic E-state index is 6.00. The topological polar surface area (TPSA) is 56.7 Å². The maximum Gasteiger partial charge on any atom is 0.266 e. The number of para-hydroxylation sites is 1. The Morgan fingerprint density at radius 3 is 2.57 bits per heavy atom. The summed E-state index contributed by atoms with van der Waals surface area (Å²) in [5.74, 6) is 0.824. The molecule has 2 aromatic carbocycles. The van der Waals surface area contributed by atoms with E-state index < -0.39 is 0 Å². The van der Waals surface area contributed by atoms with Gasteiger partial charge in [-0.3, -0.25) is 4.57 Å². The minimum absolute atomic E-state index is 0.404. The molecule has 0 fully saturated rings. The summed E-state index contributed by atoms with van der Waals surface area (Å²) in [7, 11) is 0. The second kappa shape index (κ2) is 5.70. The highest BCUT2D eigenvalue weighted by Gasteiger charge is 2.15. The molecule has 23 heavy (non-hydrogen) atoms. The first-order valence-corrected chi connectivity index (χ1v) is 7.36. The fourth-order valence-corrected chi connectivity index (χ4v) is 2.50. The highest BCUT2D eigenvalue weighted by molar-refractivity contribution is 6.30. The standard InChI is InChI=1S/C17H11ClN4O/c18-13-6-4-5-12(9-13)16-20-21-17(23-16)15-10-19-11-22(15)14-7-2-1-3-8-14/h1-11H. The van der Waals surface area contributed by atoms with Gasteiger partial charge in [-0.25, -0.2) is 4.98 Å². The maximum absolute atomic E-state index is 6.00. The van der Waals surface area contributed by atoms with E-state index in [0.717, 1.165) is 16.9 Å². The minimum Gasteiger partial charge on any atom is -0.415 e. The van der Waals surface area contributed by atoms with Crippen LogP contribution >= 0.6 is 11.6 Å². The molecular weight excluding hydrogens is 312 g/mol. The summed E-state index contributed by atoms with van der Waals surface area (Å²) in [6.45, 7) is 0. The van der Waals surface area contributed by atoms with Crippen LogP contribution in [0.15, 0.2) is 71.5 Å². The quantitative estimate of drug-likeness (QED) is 0.566. The van der Waals surface area contributed by atoms with Crippen LogP contribution in [0.3, 0.4) is 0 Å². The molecule has 6 heteroatoms. The lowest BCUT2D eigenvalue weighted by Crippen LogP contribution is -1.94. The zero-order chi connectivity index (χ0) is 15.6. The van der Waals surface area contributed by atoms with Crippen LogP contribution in [0.25, 0.3) is 28.7 Å². The van der Waals surface area contributed by atoms with Crippen LogP contribution in [0.2, 0.25) is 5.02 Å². The summed E-state index contributed by atoms with van der Waals surface area (Å²) in [6.07, 6.45) is 3.41. The molecule has 0 amide bonds. The van der Waals surface area contributed by atoms with Crippen molar-refractivity contribution in [3.63, 3.8) is 0 Å². The third-order valence-corrected chi connectivity index (χ3v) is 3.62. The number of rotatable bonds is 3. The summed E-state index contributed by atoms with van der Waals surface area (Å²) in [6, 6.07) is 17.2. The molecule has 0 saturated carbocycles. The number of benzene rings is 2. The van der Waals surface area contributed by atoms with Gasteiger partial charge >= 0.3 is 0 Å². The van der Waals surface area contributed by atoms with E-state index >= 15 is 0 Å². The average Bonchev–Trinajstić information content (AvgIpc) is 3.25. The first-order chi connectivity index (χ1) is 11.3. The van der Waals surface area contributed by atoms with Gasteiger partial charge in [0.25, 0.3) is 5.89 Å². The van der Waals surface area contributed by atoms with Gasteiger partial charge in [-0.2, -0.15) is 0 Å². The van der Waals surface area contributed by atoms with E-state index in [0.29, 0.717) is 16.8 Å². The number of hydrogen-bond donors (Lipinski definition) is 0. The number of hydrogen-bond acceptors (Lipinski definition) is 4. The third-order valence-electron chi connectivity index (χ3n) is 3.39. The van der Waals surface area contributed by atoms with Gasteiger partial charge in [0.15, 0.2) is 0 Å². The van der Waals surface area contributed by atoms with E-state index in [9.17, 15) is 0 Å². The Kier molecular flexibility index (Phi) is 3.40. The van der Waals surface area contributed by atoms with Gasteiger partial charge in [0.2, 0.25) is 5.89 Å². The van der Waals surface area contributed by atoms with Crippen molar-refractivity contribution in [3.05, 3.63) is 72.1 Å². The van der Waals surface area contributed by atoms with Gasteiger partial charge in [-0.1, -0.05) is 35.9 Å². The number of aromatic nitrogens is 4. The van der Waals surface area contributed by atoms with Gasteiger partial charge in [-0.15, -0.1) is 10.2 Å². The van der Waals surface area contributed by atoms with E-state index in [-0.39, 0.29) is 0 Å². The Bertz CT molecular complexity index is 946. The Labute approximate surface area is 137 Å². The minimum atomic E-state index is 0.404. The van der Waals surface area contributed by atoms with Crippen LogP contribution < -0.4 is 0 Å². The summed E-state index contributed by atoms with van der Waals surface area (Å²) in [5, 5.41) is 8.85. The van der Waals surface area contributed by atoms with Crippen molar-refractivity contribution in [2.45, 2.75) is 0 Å². The SMILES string of the molecule is Clc1cccc(-c2nnc(-c3cncn3-c3ccccc3)o2)c1. The Hall–Kier alpha value is -2.92.